The maximum Gasteiger partial charge on any atom is 0.251 e. The van der Waals surface area contributed by atoms with E-state index >= 15 is 0 Å². The van der Waals surface area contributed by atoms with Crippen molar-refractivity contribution in [3.05, 3.63) is 70.8 Å². The van der Waals surface area contributed by atoms with Crippen molar-refractivity contribution in [3.8, 4) is 0 Å². The average molecular weight is 339 g/mol. The third kappa shape index (κ3) is 5.46. The molecule has 6 nitrogen and oxygen atoms in total. The molecule has 0 aliphatic heterocycles. The first kappa shape index (κ1) is 18.2. The second kappa shape index (κ2) is 8.63. The fraction of sp³-hybridized carbons (Fsp3) is 0.211. The lowest BCUT2D eigenvalue weighted by molar-refractivity contribution is -0.119. The third-order valence-electron chi connectivity index (χ3n) is 3.65. The van der Waals surface area contributed by atoms with Gasteiger partial charge in [-0.1, -0.05) is 24.3 Å². The SMILES string of the molecule is CNC(=O)c1ccc(CNC(=O)c2ccc(CNC(C)=O)cc2)cc1. The van der Waals surface area contributed by atoms with Gasteiger partial charge in [-0.3, -0.25) is 14.4 Å². The molecule has 25 heavy (non-hydrogen) atoms. The molecule has 3 amide bonds. The van der Waals surface area contributed by atoms with Crippen LogP contribution in [0.1, 0.15) is 38.8 Å². The van der Waals surface area contributed by atoms with E-state index in [-0.39, 0.29) is 17.7 Å². The Morgan fingerprint density at radius 3 is 1.60 bits per heavy atom. The summed E-state index contributed by atoms with van der Waals surface area (Å²) in [6.07, 6.45) is 0. The molecular formula is C19H21N3O3. The van der Waals surface area contributed by atoms with Gasteiger partial charge in [0.1, 0.15) is 0 Å². The van der Waals surface area contributed by atoms with Crippen molar-refractivity contribution in [2.45, 2.75) is 20.0 Å². The molecule has 0 atom stereocenters. The third-order valence-corrected chi connectivity index (χ3v) is 3.65. The van der Waals surface area contributed by atoms with E-state index in [0.717, 1.165) is 11.1 Å². The fourth-order valence-corrected chi connectivity index (χ4v) is 2.20. The second-order valence-corrected chi connectivity index (χ2v) is 5.57. The molecule has 0 aliphatic carbocycles. The number of carbonyl (C=O) groups is 3. The van der Waals surface area contributed by atoms with Gasteiger partial charge in [0.15, 0.2) is 0 Å². The van der Waals surface area contributed by atoms with Crippen LogP contribution in [0.15, 0.2) is 48.5 Å². The molecule has 2 rings (SSSR count). The Hall–Kier alpha value is -3.15. The number of rotatable bonds is 6. The van der Waals surface area contributed by atoms with Crippen LogP contribution < -0.4 is 16.0 Å². The average Bonchev–Trinajstić information content (AvgIpc) is 2.64. The summed E-state index contributed by atoms with van der Waals surface area (Å²) in [6, 6.07) is 14.1. The molecule has 0 aromatic heterocycles. The summed E-state index contributed by atoms with van der Waals surface area (Å²) in [7, 11) is 1.58. The van der Waals surface area contributed by atoms with Gasteiger partial charge in [0, 0.05) is 38.2 Å². The second-order valence-electron chi connectivity index (χ2n) is 5.57. The maximum absolute atomic E-state index is 12.2. The van der Waals surface area contributed by atoms with E-state index in [1.54, 1.807) is 43.4 Å². The Balaban J connectivity index is 1.89. The lowest BCUT2D eigenvalue weighted by Crippen LogP contribution is -2.23. The van der Waals surface area contributed by atoms with E-state index < -0.39 is 0 Å². The lowest BCUT2D eigenvalue weighted by atomic mass is 10.1. The van der Waals surface area contributed by atoms with Crippen LogP contribution in [0.3, 0.4) is 0 Å². The molecule has 2 aromatic carbocycles. The highest BCUT2D eigenvalue weighted by molar-refractivity contribution is 5.94. The molecule has 0 heterocycles. The minimum absolute atomic E-state index is 0.0933. The molecule has 0 fully saturated rings. The minimum Gasteiger partial charge on any atom is -0.355 e. The fourth-order valence-electron chi connectivity index (χ4n) is 2.20. The molecule has 0 radical (unpaired) electrons. The summed E-state index contributed by atoms with van der Waals surface area (Å²) in [6.45, 7) is 2.28. The van der Waals surface area contributed by atoms with Crippen molar-refractivity contribution in [2.24, 2.45) is 0 Å². The summed E-state index contributed by atoms with van der Waals surface area (Å²) in [4.78, 5) is 34.5. The van der Waals surface area contributed by atoms with Gasteiger partial charge < -0.3 is 16.0 Å². The van der Waals surface area contributed by atoms with E-state index in [4.69, 9.17) is 0 Å². The van der Waals surface area contributed by atoms with Crippen molar-refractivity contribution in [2.75, 3.05) is 7.05 Å². The zero-order valence-corrected chi connectivity index (χ0v) is 14.3. The molecule has 6 heteroatoms. The van der Waals surface area contributed by atoms with E-state index in [0.29, 0.717) is 24.2 Å². The van der Waals surface area contributed by atoms with E-state index in [1.165, 1.54) is 6.92 Å². The van der Waals surface area contributed by atoms with Crippen LogP contribution >= 0.6 is 0 Å². The van der Waals surface area contributed by atoms with Crippen molar-refractivity contribution in [3.63, 3.8) is 0 Å². The number of hydrogen-bond acceptors (Lipinski definition) is 3. The van der Waals surface area contributed by atoms with Crippen molar-refractivity contribution in [1.29, 1.82) is 0 Å². The van der Waals surface area contributed by atoms with Crippen LogP contribution in [-0.2, 0) is 17.9 Å². The summed E-state index contributed by atoms with van der Waals surface area (Å²) in [5.41, 5.74) is 2.96. The van der Waals surface area contributed by atoms with Crippen LogP contribution in [0.5, 0.6) is 0 Å². The quantitative estimate of drug-likeness (QED) is 0.747. The highest BCUT2D eigenvalue weighted by Gasteiger charge is 2.06. The number of amides is 3. The van der Waals surface area contributed by atoms with E-state index in [2.05, 4.69) is 16.0 Å². The first-order valence-corrected chi connectivity index (χ1v) is 7.92. The summed E-state index contributed by atoms with van der Waals surface area (Å²) < 4.78 is 0. The lowest BCUT2D eigenvalue weighted by Gasteiger charge is -2.08. The van der Waals surface area contributed by atoms with Crippen LogP contribution in [0.2, 0.25) is 0 Å². The maximum atomic E-state index is 12.2. The van der Waals surface area contributed by atoms with Gasteiger partial charge in [0.25, 0.3) is 11.8 Å². The van der Waals surface area contributed by atoms with Crippen LogP contribution in [0, 0.1) is 0 Å². The van der Waals surface area contributed by atoms with Crippen LogP contribution in [0.4, 0.5) is 0 Å². The largest absolute Gasteiger partial charge is 0.355 e. The smallest absolute Gasteiger partial charge is 0.251 e. The number of carbonyl (C=O) groups excluding carboxylic acids is 3. The summed E-state index contributed by atoms with van der Waals surface area (Å²) >= 11 is 0. The first-order chi connectivity index (χ1) is 12.0. The molecule has 130 valence electrons. The molecule has 0 aliphatic rings. The topological polar surface area (TPSA) is 87.3 Å². The standard InChI is InChI=1S/C19H21N3O3/c1-13(23)21-11-14-5-9-17(10-6-14)19(25)22-12-15-3-7-16(8-4-15)18(24)20-2/h3-10H,11-12H2,1-2H3,(H,20,24)(H,21,23)(H,22,25). The van der Waals surface area contributed by atoms with Crippen LogP contribution in [0.25, 0.3) is 0 Å². The Morgan fingerprint density at radius 1 is 0.720 bits per heavy atom. The molecule has 3 N–H and O–H groups in total. The Bertz CT molecular complexity index is 752. The summed E-state index contributed by atoms with van der Waals surface area (Å²) in [5.74, 6) is -0.416. The van der Waals surface area contributed by atoms with Gasteiger partial charge in [-0.05, 0) is 35.4 Å². The van der Waals surface area contributed by atoms with E-state index in [9.17, 15) is 14.4 Å². The molecule has 0 spiro atoms. The summed E-state index contributed by atoms with van der Waals surface area (Å²) in [5, 5.41) is 8.10. The van der Waals surface area contributed by atoms with Crippen molar-refractivity contribution in [1.82, 2.24) is 16.0 Å². The van der Waals surface area contributed by atoms with Gasteiger partial charge in [0.2, 0.25) is 5.91 Å². The minimum atomic E-state index is -0.179. The van der Waals surface area contributed by atoms with Gasteiger partial charge >= 0.3 is 0 Å². The molecule has 0 bridgehead atoms. The first-order valence-electron chi connectivity index (χ1n) is 7.92. The molecule has 0 saturated carbocycles. The molecule has 2 aromatic rings. The van der Waals surface area contributed by atoms with Gasteiger partial charge in [-0.15, -0.1) is 0 Å². The van der Waals surface area contributed by atoms with Gasteiger partial charge in [0.05, 0.1) is 0 Å². The highest BCUT2D eigenvalue weighted by Crippen LogP contribution is 2.07. The molecule has 0 unspecified atom stereocenters. The Kier molecular flexibility index (Phi) is 6.28. The van der Waals surface area contributed by atoms with Gasteiger partial charge in [-0.2, -0.15) is 0 Å². The van der Waals surface area contributed by atoms with Crippen LogP contribution in [-0.4, -0.2) is 24.8 Å². The number of nitrogens with one attached hydrogen (secondary N) is 3. The molecule has 0 saturated heterocycles. The van der Waals surface area contributed by atoms with Gasteiger partial charge in [-0.25, -0.2) is 0 Å². The molecular weight excluding hydrogens is 318 g/mol. The number of benzene rings is 2. The van der Waals surface area contributed by atoms with Crippen molar-refractivity contribution >= 4 is 17.7 Å². The monoisotopic (exact) mass is 339 g/mol. The normalized spacial score (nSPS) is 10.0. The highest BCUT2D eigenvalue weighted by atomic mass is 16.2. The predicted octanol–water partition coefficient (Wildman–Crippen LogP) is 1.61. The number of hydrogen-bond donors (Lipinski definition) is 3. The zero-order chi connectivity index (χ0) is 18.2. The zero-order valence-electron chi connectivity index (χ0n) is 14.3. The Morgan fingerprint density at radius 2 is 1.16 bits per heavy atom. The van der Waals surface area contributed by atoms with Crippen molar-refractivity contribution < 1.29 is 14.4 Å². The van der Waals surface area contributed by atoms with E-state index in [1.807, 2.05) is 12.1 Å². The Labute approximate surface area is 146 Å². The predicted molar refractivity (Wildman–Crippen MR) is 95.0 cm³/mol.